The van der Waals surface area contributed by atoms with E-state index < -0.39 is 5.97 Å². The molecule has 0 saturated carbocycles. The number of carbonyl (C=O) groups is 1. The van der Waals surface area contributed by atoms with Crippen LogP contribution in [0.3, 0.4) is 0 Å². The van der Waals surface area contributed by atoms with Crippen molar-refractivity contribution in [1.82, 2.24) is 0 Å². The van der Waals surface area contributed by atoms with Crippen molar-refractivity contribution in [3.05, 3.63) is 29.2 Å². The molecule has 1 heterocycles. The van der Waals surface area contributed by atoms with E-state index in [1.165, 1.54) is 6.26 Å². The fraction of sp³-hybridized carbons (Fsp3) is 0.222. The predicted molar refractivity (Wildman–Crippen MR) is 46.3 cm³/mol. The zero-order valence-electron chi connectivity index (χ0n) is 7.15. The van der Waals surface area contributed by atoms with Gasteiger partial charge in [0.2, 0.25) is 0 Å². The molecule has 0 atom stereocenters. The summed E-state index contributed by atoms with van der Waals surface area (Å²) in [5.74, 6) is -0.829. The number of aromatic carboxylic acids is 1. The van der Waals surface area contributed by atoms with Crippen LogP contribution in [-0.4, -0.2) is 16.2 Å². The van der Waals surface area contributed by atoms with E-state index in [0.717, 1.165) is 0 Å². The first-order valence-corrected chi connectivity index (χ1v) is 3.78. The molecule has 2 N–H and O–H groups in total. The SMILES string of the molecule is C/C=C\c1occ(CO)c1C(=O)O. The topological polar surface area (TPSA) is 70.7 Å². The van der Waals surface area contributed by atoms with Crippen LogP contribution in [0.15, 0.2) is 16.8 Å². The fourth-order valence-electron chi connectivity index (χ4n) is 1.04. The lowest BCUT2D eigenvalue weighted by molar-refractivity contribution is 0.0692. The largest absolute Gasteiger partial charge is 0.478 e. The molecule has 0 aliphatic carbocycles. The molecule has 4 nitrogen and oxygen atoms in total. The molecule has 13 heavy (non-hydrogen) atoms. The maximum Gasteiger partial charge on any atom is 0.339 e. The quantitative estimate of drug-likeness (QED) is 0.743. The standard InChI is InChI=1S/C9H10O4/c1-2-3-7-8(9(11)12)6(4-10)5-13-7/h2-3,5,10H,4H2,1H3,(H,11,12)/b3-2-. The van der Waals surface area contributed by atoms with Gasteiger partial charge in [-0.05, 0) is 13.0 Å². The predicted octanol–water partition coefficient (Wildman–Crippen LogP) is 1.50. The number of furan rings is 1. The number of aliphatic hydroxyl groups is 1. The summed E-state index contributed by atoms with van der Waals surface area (Å²) in [6, 6.07) is 0. The van der Waals surface area contributed by atoms with Crippen molar-refractivity contribution in [3.63, 3.8) is 0 Å². The molecule has 1 rings (SSSR count). The molecule has 0 bridgehead atoms. The van der Waals surface area contributed by atoms with Gasteiger partial charge in [-0.3, -0.25) is 0 Å². The molecule has 0 aliphatic rings. The van der Waals surface area contributed by atoms with Gasteiger partial charge >= 0.3 is 5.97 Å². The Morgan fingerprint density at radius 2 is 2.38 bits per heavy atom. The molecule has 70 valence electrons. The van der Waals surface area contributed by atoms with Gasteiger partial charge in [0, 0.05) is 5.56 Å². The first kappa shape index (κ1) is 9.54. The van der Waals surface area contributed by atoms with Crippen LogP contribution in [0.25, 0.3) is 6.08 Å². The van der Waals surface area contributed by atoms with Gasteiger partial charge in [-0.1, -0.05) is 6.08 Å². The van der Waals surface area contributed by atoms with Gasteiger partial charge in [0.25, 0.3) is 0 Å². The summed E-state index contributed by atoms with van der Waals surface area (Å²) in [5, 5.41) is 17.6. The first-order valence-electron chi connectivity index (χ1n) is 3.78. The van der Waals surface area contributed by atoms with E-state index >= 15 is 0 Å². The summed E-state index contributed by atoms with van der Waals surface area (Å²) in [6.45, 7) is 1.43. The minimum atomic E-state index is -1.09. The number of hydrogen-bond donors (Lipinski definition) is 2. The highest BCUT2D eigenvalue weighted by molar-refractivity contribution is 5.92. The average Bonchev–Trinajstić information content (AvgIpc) is 2.48. The second kappa shape index (κ2) is 3.91. The van der Waals surface area contributed by atoms with Gasteiger partial charge in [-0.2, -0.15) is 0 Å². The number of rotatable bonds is 3. The van der Waals surface area contributed by atoms with Crippen LogP contribution in [0.1, 0.15) is 28.6 Å². The molecule has 0 spiro atoms. The van der Waals surface area contributed by atoms with Crippen LogP contribution in [0.5, 0.6) is 0 Å². The number of aliphatic hydroxyl groups excluding tert-OH is 1. The molecule has 0 radical (unpaired) electrons. The van der Waals surface area contributed by atoms with E-state index in [1.807, 2.05) is 0 Å². The summed E-state index contributed by atoms with van der Waals surface area (Å²) < 4.78 is 4.96. The van der Waals surface area contributed by atoms with E-state index in [2.05, 4.69) is 0 Å². The van der Waals surface area contributed by atoms with Gasteiger partial charge in [0.1, 0.15) is 11.3 Å². The van der Waals surface area contributed by atoms with Crippen molar-refractivity contribution in [1.29, 1.82) is 0 Å². The maximum absolute atomic E-state index is 10.7. The Bertz CT molecular complexity index is 335. The van der Waals surface area contributed by atoms with Crippen LogP contribution < -0.4 is 0 Å². The maximum atomic E-state index is 10.7. The van der Waals surface area contributed by atoms with Gasteiger partial charge in [0.05, 0.1) is 12.9 Å². The van der Waals surface area contributed by atoms with E-state index in [-0.39, 0.29) is 17.9 Å². The first-order chi connectivity index (χ1) is 6.20. The minimum Gasteiger partial charge on any atom is -0.478 e. The highest BCUT2D eigenvalue weighted by Gasteiger charge is 2.17. The van der Waals surface area contributed by atoms with E-state index in [0.29, 0.717) is 5.56 Å². The number of hydrogen-bond acceptors (Lipinski definition) is 3. The molecule has 0 unspecified atom stereocenters. The third-order valence-electron chi connectivity index (χ3n) is 1.60. The van der Waals surface area contributed by atoms with E-state index in [9.17, 15) is 4.79 Å². The lowest BCUT2D eigenvalue weighted by Gasteiger charge is -1.93. The number of carboxylic acid groups (broad SMARTS) is 1. The Labute approximate surface area is 75.1 Å². The molecular formula is C9H10O4. The van der Waals surface area contributed by atoms with Crippen molar-refractivity contribution >= 4 is 12.0 Å². The summed E-state index contributed by atoms with van der Waals surface area (Å²) in [4.78, 5) is 10.7. The molecule has 1 aromatic rings. The van der Waals surface area contributed by atoms with Crippen molar-refractivity contribution < 1.29 is 19.4 Å². The summed E-state index contributed by atoms with van der Waals surface area (Å²) in [7, 11) is 0. The van der Waals surface area contributed by atoms with E-state index in [1.54, 1.807) is 19.1 Å². The highest BCUT2D eigenvalue weighted by atomic mass is 16.4. The van der Waals surface area contributed by atoms with Gasteiger partial charge in [-0.25, -0.2) is 4.79 Å². The zero-order chi connectivity index (χ0) is 9.84. The normalized spacial score (nSPS) is 10.9. The third kappa shape index (κ3) is 1.78. The summed E-state index contributed by atoms with van der Waals surface area (Å²) in [6.07, 6.45) is 4.47. The molecule has 1 aromatic heterocycles. The molecule has 0 saturated heterocycles. The molecule has 4 heteroatoms. The van der Waals surface area contributed by atoms with Crippen molar-refractivity contribution in [2.75, 3.05) is 0 Å². The molecule has 0 amide bonds. The van der Waals surface area contributed by atoms with Gasteiger partial charge < -0.3 is 14.6 Å². The Morgan fingerprint density at radius 1 is 1.69 bits per heavy atom. The Hall–Kier alpha value is -1.55. The molecular weight excluding hydrogens is 172 g/mol. The second-order valence-corrected chi connectivity index (χ2v) is 2.46. The summed E-state index contributed by atoms with van der Waals surface area (Å²) in [5.41, 5.74) is 0.321. The van der Waals surface area contributed by atoms with Crippen LogP contribution in [-0.2, 0) is 6.61 Å². The van der Waals surface area contributed by atoms with Crippen LogP contribution in [0, 0.1) is 0 Å². The number of allylic oxidation sites excluding steroid dienone is 1. The molecule has 0 aromatic carbocycles. The van der Waals surface area contributed by atoms with Crippen LogP contribution in [0.2, 0.25) is 0 Å². The van der Waals surface area contributed by atoms with Crippen molar-refractivity contribution in [3.8, 4) is 0 Å². The number of carboxylic acids is 1. The molecule has 0 aliphatic heterocycles. The smallest absolute Gasteiger partial charge is 0.339 e. The minimum absolute atomic E-state index is 0.0283. The third-order valence-corrected chi connectivity index (χ3v) is 1.60. The Kier molecular flexibility index (Phi) is 2.87. The van der Waals surface area contributed by atoms with Crippen LogP contribution in [0.4, 0.5) is 0 Å². The monoisotopic (exact) mass is 182 g/mol. The highest BCUT2D eigenvalue weighted by Crippen LogP contribution is 2.18. The lowest BCUT2D eigenvalue weighted by atomic mass is 10.1. The zero-order valence-corrected chi connectivity index (χ0v) is 7.15. The second-order valence-electron chi connectivity index (χ2n) is 2.46. The Morgan fingerprint density at radius 3 is 2.85 bits per heavy atom. The van der Waals surface area contributed by atoms with Crippen molar-refractivity contribution in [2.24, 2.45) is 0 Å². The fourth-order valence-corrected chi connectivity index (χ4v) is 1.04. The van der Waals surface area contributed by atoms with E-state index in [4.69, 9.17) is 14.6 Å². The van der Waals surface area contributed by atoms with Crippen molar-refractivity contribution in [2.45, 2.75) is 13.5 Å². The average molecular weight is 182 g/mol. The molecule has 0 fully saturated rings. The van der Waals surface area contributed by atoms with Gasteiger partial charge in [0.15, 0.2) is 0 Å². The van der Waals surface area contributed by atoms with Gasteiger partial charge in [-0.15, -0.1) is 0 Å². The van der Waals surface area contributed by atoms with Crippen LogP contribution >= 0.6 is 0 Å². The Balaban J connectivity index is 3.21. The summed E-state index contributed by atoms with van der Waals surface area (Å²) >= 11 is 0. The lowest BCUT2D eigenvalue weighted by Crippen LogP contribution is -2.00.